The van der Waals surface area contributed by atoms with Gasteiger partial charge in [0, 0.05) is 10.3 Å². The van der Waals surface area contributed by atoms with Crippen molar-refractivity contribution >= 4 is 23.1 Å². The first-order valence-electron chi connectivity index (χ1n) is 13.5. The minimum Gasteiger partial charge on any atom is -0.444 e. The lowest BCUT2D eigenvalue weighted by molar-refractivity contribution is 0.0636. The molecule has 2 aliphatic carbocycles. The maximum atomic E-state index is 12.4. The molecule has 0 spiro atoms. The second-order valence-corrected chi connectivity index (χ2v) is 12.3. The van der Waals surface area contributed by atoms with E-state index in [2.05, 4.69) is 10.7 Å². The van der Waals surface area contributed by atoms with Gasteiger partial charge in [0.1, 0.15) is 5.60 Å². The van der Waals surface area contributed by atoms with Crippen LogP contribution in [0.25, 0.3) is 0 Å². The molecule has 4 heteroatoms. The number of hydrogen-bond acceptors (Lipinski definition) is 3. The van der Waals surface area contributed by atoms with Gasteiger partial charge in [-0.3, -0.25) is 5.32 Å². The lowest BCUT2D eigenvalue weighted by Crippen LogP contribution is -2.27. The normalized spacial score (nSPS) is 24.6. The third-order valence-corrected chi connectivity index (χ3v) is 8.48. The van der Waals surface area contributed by atoms with Crippen molar-refractivity contribution in [3.63, 3.8) is 0 Å². The summed E-state index contributed by atoms with van der Waals surface area (Å²) in [5.74, 6) is 1.76. The molecule has 2 aliphatic rings. The molecule has 1 aromatic heterocycles. The van der Waals surface area contributed by atoms with Crippen molar-refractivity contribution in [2.24, 2.45) is 11.8 Å². The number of ether oxygens (including phenoxy) is 1. The molecule has 2 unspecified atom stereocenters. The van der Waals surface area contributed by atoms with Crippen LogP contribution in [0, 0.1) is 11.8 Å². The van der Waals surface area contributed by atoms with Crippen LogP contribution in [0.4, 0.5) is 10.5 Å². The largest absolute Gasteiger partial charge is 0.444 e. The molecule has 1 saturated carbocycles. The van der Waals surface area contributed by atoms with E-state index in [1.165, 1.54) is 113 Å². The predicted octanol–water partition coefficient (Wildman–Crippen LogP) is 9.29. The van der Waals surface area contributed by atoms with E-state index in [4.69, 9.17) is 4.74 Å². The fourth-order valence-corrected chi connectivity index (χ4v) is 6.64. The van der Waals surface area contributed by atoms with Crippen LogP contribution in [-0.2, 0) is 17.6 Å². The highest BCUT2D eigenvalue weighted by atomic mass is 32.1. The Bertz CT molecular complexity index is 690. The van der Waals surface area contributed by atoms with Crippen molar-refractivity contribution in [1.82, 2.24) is 0 Å². The SMILES string of the molecule is CC(C)(C)OC(=O)Nc1csc2c1CCCC1CCCCCCCCCCC(CC2)CC1. The molecule has 2 bridgehead atoms. The average Bonchev–Trinajstić information content (AvgIpc) is 3.07. The van der Waals surface area contributed by atoms with Crippen molar-refractivity contribution in [3.8, 4) is 0 Å². The highest BCUT2D eigenvalue weighted by molar-refractivity contribution is 7.10. The predicted molar refractivity (Wildman–Crippen MR) is 138 cm³/mol. The van der Waals surface area contributed by atoms with Crippen LogP contribution < -0.4 is 5.32 Å². The van der Waals surface area contributed by atoms with Gasteiger partial charge in [-0.15, -0.1) is 11.3 Å². The second-order valence-electron chi connectivity index (χ2n) is 11.3. The molecule has 1 N–H and O–H groups in total. The molecule has 0 aliphatic heterocycles. The molecule has 1 aromatic rings. The Kier molecular flexibility index (Phi) is 10.4. The summed E-state index contributed by atoms with van der Waals surface area (Å²) in [5, 5.41) is 5.22. The molecule has 1 amide bonds. The molecular weight excluding hydrogens is 414 g/mol. The van der Waals surface area contributed by atoms with E-state index >= 15 is 0 Å². The van der Waals surface area contributed by atoms with Gasteiger partial charge in [0.05, 0.1) is 5.69 Å². The Balaban J connectivity index is 1.70. The van der Waals surface area contributed by atoms with Gasteiger partial charge in [0.15, 0.2) is 0 Å². The van der Waals surface area contributed by atoms with Crippen LogP contribution in [-0.4, -0.2) is 11.7 Å². The molecule has 0 aromatic carbocycles. The monoisotopic (exact) mass is 461 g/mol. The van der Waals surface area contributed by atoms with Crippen LogP contribution in [0.15, 0.2) is 5.38 Å². The first kappa shape index (κ1) is 25.6. The molecule has 1 fully saturated rings. The fraction of sp³-hybridized carbons (Fsp3) is 0.821. The van der Waals surface area contributed by atoms with Crippen LogP contribution in [0.5, 0.6) is 0 Å². The number of rotatable bonds is 1. The molecule has 1 heterocycles. The summed E-state index contributed by atoms with van der Waals surface area (Å²) in [6, 6.07) is 0. The van der Waals surface area contributed by atoms with Gasteiger partial charge in [-0.25, -0.2) is 4.79 Å². The fourth-order valence-electron chi connectivity index (χ4n) is 5.59. The summed E-state index contributed by atoms with van der Waals surface area (Å²) in [4.78, 5) is 13.9. The standard InChI is InChI=1S/C28H47NO2S/c1-28(2,3)31-27(30)29-25-21-32-26-20-19-23-14-11-9-7-5-4-6-8-10-13-22(17-18-23)15-12-16-24(25)26/h21-23H,4-20H2,1-3H3,(H,29,30). The molecule has 0 saturated heterocycles. The van der Waals surface area contributed by atoms with E-state index < -0.39 is 5.60 Å². The number of aryl methyl sites for hydroxylation is 1. The number of fused-ring (bicyclic) bond motifs is 4. The zero-order chi connectivity index (χ0) is 22.8. The van der Waals surface area contributed by atoms with Crippen molar-refractivity contribution in [3.05, 3.63) is 15.8 Å². The Morgan fingerprint density at radius 3 is 2.00 bits per heavy atom. The Labute approximate surface area is 201 Å². The van der Waals surface area contributed by atoms with Crippen molar-refractivity contribution in [2.45, 2.75) is 136 Å². The van der Waals surface area contributed by atoms with E-state index in [-0.39, 0.29) is 6.09 Å². The minimum absolute atomic E-state index is 0.325. The van der Waals surface area contributed by atoms with Gasteiger partial charge in [-0.1, -0.05) is 83.5 Å². The highest BCUT2D eigenvalue weighted by Crippen LogP contribution is 2.36. The number of nitrogens with one attached hydrogen (secondary N) is 1. The molecule has 3 rings (SSSR count). The van der Waals surface area contributed by atoms with E-state index in [0.717, 1.165) is 23.9 Å². The number of carbonyl (C=O) groups excluding carboxylic acids is 1. The van der Waals surface area contributed by atoms with Crippen molar-refractivity contribution in [1.29, 1.82) is 0 Å². The lowest BCUT2D eigenvalue weighted by atomic mass is 9.85. The highest BCUT2D eigenvalue weighted by Gasteiger charge is 2.22. The zero-order valence-corrected chi connectivity index (χ0v) is 21.8. The van der Waals surface area contributed by atoms with E-state index in [1.807, 2.05) is 32.1 Å². The number of carbonyl (C=O) groups is 1. The Morgan fingerprint density at radius 1 is 0.812 bits per heavy atom. The van der Waals surface area contributed by atoms with Gasteiger partial charge in [-0.05, 0) is 63.9 Å². The maximum absolute atomic E-state index is 12.4. The second kappa shape index (κ2) is 13.0. The van der Waals surface area contributed by atoms with Gasteiger partial charge < -0.3 is 4.74 Å². The summed E-state index contributed by atoms with van der Waals surface area (Å²) in [5.41, 5.74) is 1.92. The van der Waals surface area contributed by atoms with Crippen LogP contribution in [0.1, 0.15) is 128 Å². The summed E-state index contributed by atoms with van der Waals surface area (Å²) >= 11 is 1.84. The van der Waals surface area contributed by atoms with Crippen molar-refractivity contribution in [2.75, 3.05) is 5.32 Å². The summed E-state index contributed by atoms with van der Waals surface area (Å²) < 4.78 is 5.53. The Morgan fingerprint density at radius 2 is 1.38 bits per heavy atom. The van der Waals surface area contributed by atoms with E-state index in [0.29, 0.717) is 0 Å². The first-order chi connectivity index (χ1) is 15.4. The minimum atomic E-state index is -0.469. The number of amides is 1. The van der Waals surface area contributed by atoms with Crippen LogP contribution >= 0.6 is 11.3 Å². The summed E-state index contributed by atoms with van der Waals surface area (Å²) in [7, 11) is 0. The topological polar surface area (TPSA) is 38.3 Å². The maximum Gasteiger partial charge on any atom is 0.412 e. The molecule has 2 atom stereocenters. The third kappa shape index (κ3) is 9.08. The van der Waals surface area contributed by atoms with Gasteiger partial charge in [-0.2, -0.15) is 0 Å². The number of anilines is 1. The lowest BCUT2D eigenvalue weighted by Gasteiger charge is -2.21. The number of hydrogen-bond donors (Lipinski definition) is 1. The zero-order valence-electron chi connectivity index (χ0n) is 21.0. The number of thiophene rings is 1. The molecule has 182 valence electrons. The van der Waals surface area contributed by atoms with Crippen LogP contribution in [0.3, 0.4) is 0 Å². The van der Waals surface area contributed by atoms with E-state index in [9.17, 15) is 4.79 Å². The first-order valence-corrected chi connectivity index (χ1v) is 14.4. The third-order valence-electron chi connectivity index (χ3n) is 7.39. The van der Waals surface area contributed by atoms with Gasteiger partial charge in [0.25, 0.3) is 0 Å². The molecule has 32 heavy (non-hydrogen) atoms. The van der Waals surface area contributed by atoms with Crippen LogP contribution in [0.2, 0.25) is 0 Å². The average molecular weight is 462 g/mol. The summed E-state index contributed by atoms with van der Waals surface area (Å²) in [6.07, 6.45) is 23.0. The Hall–Kier alpha value is -1.03. The molecule has 0 radical (unpaired) electrons. The molecule has 3 nitrogen and oxygen atoms in total. The van der Waals surface area contributed by atoms with Gasteiger partial charge in [0.2, 0.25) is 0 Å². The van der Waals surface area contributed by atoms with E-state index in [1.54, 1.807) is 0 Å². The summed E-state index contributed by atoms with van der Waals surface area (Å²) in [6.45, 7) is 5.76. The smallest absolute Gasteiger partial charge is 0.412 e. The quantitative estimate of drug-likeness (QED) is 0.452. The van der Waals surface area contributed by atoms with Gasteiger partial charge >= 0.3 is 6.09 Å². The molecular formula is C28H47NO2S. The van der Waals surface area contributed by atoms with Crippen molar-refractivity contribution < 1.29 is 9.53 Å².